The van der Waals surface area contributed by atoms with Crippen LogP contribution >= 0.6 is 0 Å². The van der Waals surface area contributed by atoms with E-state index in [2.05, 4.69) is 28.0 Å². The molecule has 25 heavy (non-hydrogen) atoms. The van der Waals surface area contributed by atoms with Crippen molar-refractivity contribution in [1.82, 2.24) is 10.1 Å². The predicted molar refractivity (Wildman–Crippen MR) is 96.8 cm³/mol. The third kappa shape index (κ3) is 3.72. The molecule has 0 N–H and O–H groups in total. The number of aromatic nitrogens is 2. The molecule has 2 aromatic heterocycles. The summed E-state index contributed by atoms with van der Waals surface area (Å²) in [4.78, 5) is 19.0. The van der Waals surface area contributed by atoms with Crippen molar-refractivity contribution in [2.75, 3.05) is 24.0 Å². The van der Waals surface area contributed by atoms with Gasteiger partial charge in [-0.3, -0.25) is 0 Å². The Labute approximate surface area is 154 Å². The first-order valence-corrected chi connectivity index (χ1v) is 10.8. The molecule has 0 spiro atoms. The van der Waals surface area contributed by atoms with Crippen molar-refractivity contribution >= 4 is 26.7 Å². The van der Waals surface area contributed by atoms with E-state index in [4.69, 9.17) is 9.26 Å². The Kier molecular flexibility index (Phi) is 5.45. The molecule has 2 aromatic rings. The molecular weight excluding hydrogens is 385 g/mol. The minimum absolute atomic E-state index is 0.0625. The summed E-state index contributed by atoms with van der Waals surface area (Å²) in [5.41, 5.74) is 3.85. The predicted octanol–water partition coefficient (Wildman–Crippen LogP) is 2.86. The number of hydrogen-bond acceptors (Lipinski definition) is 6. The molecule has 1 saturated heterocycles. The number of carbonyl (C=O) groups is 1. The second-order valence-corrected chi connectivity index (χ2v) is 8.78. The van der Waals surface area contributed by atoms with Crippen molar-refractivity contribution in [2.45, 2.75) is 32.0 Å². The van der Waals surface area contributed by atoms with Gasteiger partial charge in [0.15, 0.2) is 0 Å². The van der Waals surface area contributed by atoms with Crippen LogP contribution in [0.5, 0.6) is 0 Å². The molecule has 0 amide bonds. The maximum absolute atomic E-state index is 12.0. The van der Waals surface area contributed by atoms with Crippen molar-refractivity contribution < 1.29 is 14.1 Å². The van der Waals surface area contributed by atoms with E-state index in [-0.39, 0.29) is 11.9 Å². The summed E-state index contributed by atoms with van der Waals surface area (Å²) in [5.74, 6) is 0.888. The van der Waals surface area contributed by atoms with E-state index in [9.17, 15) is 4.79 Å². The van der Waals surface area contributed by atoms with Crippen LogP contribution in [0.25, 0.3) is 11.3 Å². The molecule has 134 valence electrons. The van der Waals surface area contributed by atoms with E-state index in [0.717, 1.165) is 28.9 Å². The molecule has 0 bridgehead atoms. The zero-order valence-corrected chi connectivity index (χ0v) is 16.7. The number of pyridine rings is 1. The molecule has 1 fully saturated rings. The van der Waals surface area contributed by atoms with Crippen molar-refractivity contribution in [3.8, 4) is 11.3 Å². The van der Waals surface area contributed by atoms with Crippen LogP contribution in [0.4, 0.5) is 5.82 Å². The van der Waals surface area contributed by atoms with Crippen LogP contribution in [-0.4, -0.2) is 50.2 Å². The Bertz CT molecular complexity index is 754. The quantitative estimate of drug-likeness (QED) is 0.560. The second kappa shape index (κ2) is 7.58. The SMILES string of the molecule is COC(=O)C(c1cc(-c2cnc(N3CC[Se]C3)c(C)c2)no1)C(C)C. The van der Waals surface area contributed by atoms with E-state index in [0.29, 0.717) is 26.4 Å². The van der Waals surface area contributed by atoms with Gasteiger partial charge >= 0.3 is 147 Å². The molecule has 6 nitrogen and oxygen atoms in total. The van der Waals surface area contributed by atoms with Crippen LogP contribution in [0.2, 0.25) is 5.32 Å². The monoisotopic (exact) mass is 409 g/mol. The first-order chi connectivity index (χ1) is 12.0. The summed E-state index contributed by atoms with van der Waals surface area (Å²) in [6, 6.07) is 3.90. The number of rotatable bonds is 5. The minimum atomic E-state index is -0.452. The number of hydrogen-bond donors (Lipinski definition) is 0. The summed E-state index contributed by atoms with van der Waals surface area (Å²) in [6.45, 7) is 7.09. The average molecular weight is 408 g/mol. The third-order valence-corrected chi connectivity index (χ3v) is 6.38. The third-order valence-electron chi connectivity index (χ3n) is 4.36. The van der Waals surface area contributed by atoms with Crippen molar-refractivity contribution in [3.63, 3.8) is 0 Å². The molecule has 0 aliphatic carbocycles. The maximum atomic E-state index is 12.0. The summed E-state index contributed by atoms with van der Waals surface area (Å²) in [5, 5.41) is 5.43. The first kappa shape index (κ1) is 18.0. The summed E-state index contributed by atoms with van der Waals surface area (Å²) >= 11 is 0.702. The number of aryl methyl sites for hydroxylation is 1. The van der Waals surface area contributed by atoms with Crippen molar-refractivity contribution in [1.29, 1.82) is 0 Å². The molecule has 1 aliphatic heterocycles. The van der Waals surface area contributed by atoms with Gasteiger partial charge < -0.3 is 0 Å². The molecule has 1 atom stereocenters. The number of anilines is 1. The zero-order chi connectivity index (χ0) is 18.0. The van der Waals surface area contributed by atoms with Crippen LogP contribution in [-0.2, 0) is 9.53 Å². The number of methoxy groups -OCH3 is 1. The molecule has 3 rings (SSSR count). The molecule has 0 aromatic carbocycles. The molecule has 1 unspecified atom stereocenters. The standard InChI is InChI=1S/C18H23N3O3Se/c1-11(2)16(18(22)23-4)15-8-14(20-24-15)13-7-12(3)17(19-9-13)21-5-6-25-10-21/h7-9,11,16H,5-6,10H2,1-4H3. The first-order valence-electron chi connectivity index (χ1n) is 8.35. The van der Waals surface area contributed by atoms with Gasteiger partial charge in [-0.2, -0.15) is 0 Å². The number of ether oxygens (including phenoxy) is 1. The summed E-state index contributed by atoms with van der Waals surface area (Å²) in [6.07, 6.45) is 1.83. The van der Waals surface area contributed by atoms with E-state index in [1.807, 2.05) is 26.1 Å². The molecule has 0 radical (unpaired) electrons. The van der Waals surface area contributed by atoms with Crippen LogP contribution in [0.1, 0.15) is 31.1 Å². The van der Waals surface area contributed by atoms with Crippen LogP contribution in [0, 0.1) is 12.8 Å². The summed E-state index contributed by atoms with van der Waals surface area (Å²) in [7, 11) is 1.39. The van der Waals surface area contributed by atoms with Gasteiger partial charge in [-0.05, 0) is 0 Å². The molecular formula is C18H23N3O3Se. The van der Waals surface area contributed by atoms with Crippen LogP contribution in [0.15, 0.2) is 22.9 Å². The average Bonchev–Trinajstić information content (AvgIpc) is 3.26. The normalized spacial score (nSPS) is 15.6. The van der Waals surface area contributed by atoms with Gasteiger partial charge in [0.25, 0.3) is 0 Å². The topological polar surface area (TPSA) is 68.5 Å². The van der Waals surface area contributed by atoms with E-state index < -0.39 is 5.92 Å². The Morgan fingerprint density at radius 3 is 2.80 bits per heavy atom. The Hall–Kier alpha value is -1.85. The zero-order valence-electron chi connectivity index (χ0n) is 15.0. The van der Waals surface area contributed by atoms with Gasteiger partial charge in [0.1, 0.15) is 0 Å². The summed E-state index contributed by atoms with van der Waals surface area (Å²) < 4.78 is 10.3. The Morgan fingerprint density at radius 2 is 2.20 bits per heavy atom. The van der Waals surface area contributed by atoms with Gasteiger partial charge in [-0.1, -0.05) is 0 Å². The van der Waals surface area contributed by atoms with Gasteiger partial charge in [0, 0.05) is 0 Å². The van der Waals surface area contributed by atoms with E-state index in [1.165, 1.54) is 12.4 Å². The fourth-order valence-corrected chi connectivity index (χ4v) is 5.03. The Morgan fingerprint density at radius 1 is 1.40 bits per heavy atom. The van der Waals surface area contributed by atoms with Crippen molar-refractivity contribution in [2.24, 2.45) is 5.92 Å². The van der Waals surface area contributed by atoms with Gasteiger partial charge in [0.2, 0.25) is 0 Å². The van der Waals surface area contributed by atoms with Crippen LogP contribution < -0.4 is 4.90 Å². The number of nitrogens with zero attached hydrogens (tertiary/aromatic N) is 3. The van der Waals surface area contributed by atoms with E-state index >= 15 is 0 Å². The van der Waals surface area contributed by atoms with Crippen molar-refractivity contribution in [3.05, 3.63) is 29.7 Å². The number of esters is 1. The van der Waals surface area contributed by atoms with E-state index in [1.54, 1.807) is 0 Å². The molecule has 3 heterocycles. The van der Waals surface area contributed by atoms with Crippen LogP contribution in [0.3, 0.4) is 0 Å². The van der Waals surface area contributed by atoms with Gasteiger partial charge in [-0.25, -0.2) is 0 Å². The molecule has 1 aliphatic rings. The molecule has 7 heteroatoms. The van der Waals surface area contributed by atoms with Gasteiger partial charge in [0.05, 0.1) is 7.11 Å². The molecule has 0 saturated carbocycles. The fraction of sp³-hybridized carbons (Fsp3) is 0.500. The number of carbonyl (C=O) groups excluding carboxylic acids is 1. The Balaban J connectivity index is 1.86. The second-order valence-electron chi connectivity index (χ2n) is 6.52. The fourth-order valence-electron chi connectivity index (χ4n) is 3.04. The van der Waals surface area contributed by atoms with Gasteiger partial charge in [-0.15, -0.1) is 0 Å².